The van der Waals surface area contributed by atoms with Crippen molar-refractivity contribution in [1.29, 1.82) is 0 Å². The van der Waals surface area contributed by atoms with Crippen molar-refractivity contribution in [3.8, 4) is 23.0 Å². The molecule has 0 saturated heterocycles. The van der Waals surface area contributed by atoms with Gasteiger partial charge in [0.2, 0.25) is 0 Å². The highest BCUT2D eigenvalue weighted by atomic mass is 16.6. The molecule has 0 heterocycles. The first-order valence-corrected chi connectivity index (χ1v) is 26.4. The molecule has 1 aliphatic carbocycles. The third-order valence-corrected chi connectivity index (χ3v) is 12.0. The second-order valence-corrected chi connectivity index (χ2v) is 17.7. The van der Waals surface area contributed by atoms with E-state index < -0.39 is 71.5 Å². The zero-order valence-corrected chi connectivity index (χ0v) is 45.5. The van der Waals surface area contributed by atoms with Gasteiger partial charge in [0.05, 0.1) is 73.7 Å². The molecule has 1 saturated carbocycles. The highest BCUT2D eigenvalue weighted by Gasteiger charge is 2.34. The van der Waals surface area contributed by atoms with E-state index in [4.69, 9.17) is 56.8 Å². The largest absolute Gasteiger partial charge is 0.463 e. The van der Waals surface area contributed by atoms with Crippen molar-refractivity contribution in [3.63, 3.8) is 0 Å². The molecule has 1 fully saturated rings. The fourth-order valence-electron chi connectivity index (χ4n) is 7.61. The van der Waals surface area contributed by atoms with Crippen molar-refractivity contribution in [2.45, 2.75) is 65.2 Å². The second-order valence-electron chi connectivity index (χ2n) is 17.7. The van der Waals surface area contributed by atoms with Crippen LogP contribution in [0.5, 0.6) is 23.0 Å². The van der Waals surface area contributed by atoms with Crippen molar-refractivity contribution < 1.29 is 105 Å². The molecule has 0 amide bonds. The molecule has 436 valence electrons. The van der Waals surface area contributed by atoms with Crippen LogP contribution in [0, 0.1) is 11.8 Å². The van der Waals surface area contributed by atoms with Gasteiger partial charge in [-0.25, -0.2) is 38.4 Å². The number of carbonyl (C=O) groups excluding carboxylic acids is 10. The van der Waals surface area contributed by atoms with E-state index in [1.54, 1.807) is 13.8 Å². The van der Waals surface area contributed by atoms with Gasteiger partial charge in [-0.1, -0.05) is 13.2 Å². The minimum atomic E-state index is -0.904. The Kier molecular flexibility index (Phi) is 26.6. The highest BCUT2D eigenvalue weighted by Crippen LogP contribution is 2.34. The molecule has 0 spiro atoms. The van der Waals surface area contributed by atoms with Crippen molar-refractivity contribution in [1.82, 2.24) is 0 Å². The maximum atomic E-state index is 13.7. The molecule has 82 heavy (non-hydrogen) atoms. The number of hydrogen-bond donors (Lipinski definition) is 0. The van der Waals surface area contributed by atoms with Crippen LogP contribution in [-0.4, -0.2) is 126 Å². The number of benzene rings is 4. The van der Waals surface area contributed by atoms with E-state index in [1.165, 1.54) is 84.9 Å². The first kappa shape index (κ1) is 63.8. The van der Waals surface area contributed by atoms with E-state index in [0.29, 0.717) is 38.9 Å². The molecule has 0 aromatic heterocycles. The zero-order chi connectivity index (χ0) is 59.2. The molecular weight excluding hydrogens is 1070 g/mol. The molecule has 5 rings (SSSR count). The van der Waals surface area contributed by atoms with Gasteiger partial charge in [0.15, 0.2) is 0 Å². The molecular formula is C60H64O22. The summed E-state index contributed by atoms with van der Waals surface area (Å²) in [5.41, 5.74) is -0.0126. The van der Waals surface area contributed by atoms with Gasteiger partial charge in [-0.2, -0.15) is 0 Å². The fraction of sp³-hybridized carbons (Fsp3) is 0.367. The van der Waals surface area contributed by atoms with E-state index >= 15 is 0 Å². The number of carbonyl (C=O) groups is 10. The van der Waals surface area contributed by atoms with Crippen LogP contribution in [0.25, 0.3) is 0 Å². The van der Waals surface area contributed by atoms with Gasteiger partial charge in [-0.05, 0) is 150 Å². The number of ether oxygens (including phenoxy) is 12. The summed E-state index contributed by atoms with van der Waals surface area (Å²) in [5.74, 6) is -9.26. The van der Waals surface area contributed by atoms with Crippen LogP contribution in [0.3, 0.4) is 0 Å². The van der Waals surface area contributed by atoms with Gasteiger partial charge < -0.3 is 56.8 Å². The second kappa shape index (κ2) is 34.2. The number of esters is 10. The van der Waals surface area contributed by atoms with Crippen molar-refractivity contribution >= 4 is 59.7 Å². The minimum Gasteiger partial charge on any atom is -0.463 e. The number of rotatable bonds is 32. The lowest BCUT2D eigenvalue weighted by Gasteiger charge is -2.26. The van der Waals surface area contributed by atoms with Gasteiger partial charge in [-0.3, -0.25) is 9.59 Å². The van der Waals surface area contributed by atoms with Gasteiger partial charge in [0.25, 0.3) is 0 Å². The van der Waals surface area contributed by atoms with Crippen LogP contribution in [0.1, 0.15) is 127 Å². The smallest absolute Gasteiger partial charge is 0.343 e. The fourth-order valence-corrected chi connectivity index (χ4v) is 7.61. The third-order valence-electron chi connectivity index (χ3n) is 12.0. The van der Waals surface area contributed by atoms with E-state index in [1.807, 2.05) is 0 Å². The molecule has 0 atom stereocenters. The summed E-state index contributed by atoms with van der Waals surface area (Å²) in [4.78, 5) is 128. The molecule has 0 aliphatic heterocycles. The molecule has 4 aromatic carbocycles. The number of unbranched alkanes of at least 4 members (excludes halogenated alkanes) is 2. The quantitative estimate of drug-likeness (QED) is 0.0146. The molecule has 0 N–H and O–H groups in total. The average Bonchev–Trinajstić information content (AvgIpc) is 3.53. The van der Waals surface area contributed by atoms with Crippen LogP contribution in [0.2, 0.25) is 0 Å². The monoisotopic (exact) mass is 1140 g/mol. The first-order chi connectivity index (χ1) is 39.6. The Morgan fingerprint density at radius 2 is 0.707 bits per heavy atom. The van der Waals surface area contributed by atoms with Crippen molar-refractivity contribution in [2.75, 3.05) is 66.1 Å². The lowest BCUT2D eigenvalue weighted by molar-refractivity contribution is -0.145. The standard InChI is InChI=1S/C60H64O22/c1-5-51(61)73-29-9-11-31-75-53(63)39-13-17-41(18-14-39)55(65)79-45-25-27-49(47(37-45)59(69)77-35-33-71-7-3)81-57(67)43-21-23-44(24-22-43)58(68)82-50-28-26-46(38-48(50)60(70)78-36-34-72-8-4)80-56(66)42-19-15-40(16-20-42)54(64)76-32-12-10-30-74-52(62)6-2/h5-6,13-20,25-28,37-38,43-44H,1-2,7-12,21-24,29-36H2,3-4H3. The van der Waals surface area contributed by atoms with E-state index in [2.05, 4.69) is 13.2 Å². The Labute approximate surface area is 472 Å². The normalized spacial score (nSPS) is 13.4. The Balaban J connectivity index is 1.17. The Morgan fingerprint density at radius 1 is 0.390 bits per heavy atom. The third kappa shape index (κ3) is 20.9. The van der Waals surface area contributed by atoms with E-state index in [0.717, 1.165) is 12.2 Å². The van der Waals surface area contributed by atoms with E-state index in [9.17, 15) is 47.9 Å². The van der Waals surface area contributed by atoms with Gasteiger partial charge >= 0.3 is 59.7 Å². The van der Waals surface area contributed by atoms with Crippen molar-refractivity contribution in [3.05, 3.63) is 144 Å². The molecule has 1 aliphatic rings. The summed E-state index contributed by atoms with van der Waals surface area (Å²) < 4.78 is 64.1. The van der Waals surface area contributed by atoms with Crippen LogP contribution in [0.4, 0.5) is 0 Å². The summed E-state index contributed by atoms with van der Waals surface area (Å²) in [6.07, 6.45) is 4.63. The Hall–Kier alpha value is -9.02. The lowest BCUT2D eigenvalue weighted by atomic mass is 9.82. The summed E-state index contributed by atoms with van der Waals surface area (Å²) >= 11 is 0. The number of hydrogen-bond acceptors (Lipinski definition) is 22. The maximum absolute atomic E-state index is 13.7. The molecule has 4 aromatic rings. The van der Waals surface area contributed by atoms with Gasteiger partial charge in [0, 0.05) is 25.4 Å². The van der Waals surface area contributed by atoms with Crippen LogP contribution in [0.15, 0.2) is 110 Å². The highest BCUT2D eigenvalue weighted by molar-refractivity contribution is 5.98. The Bertz CT molecular complexity index is 2690. The lowest BCUT2D eigenvalue weighted by Crippen LogP contribution is -2.31. The van der Waals surface area contributed by atoms with E-state index in [-0.39, 0.29) is 135 Å². The average molecular weight is 1140 g/mol. The summed E-state index contributed by atoms with van der Waals surface area (Å²) in [5, 5.41) is 0. The van der Waals surface area contributed by atoms with Gasteiger partial charge in [0.1, 0.15) is 47.3 Å². The summed E-state index contributed by atoms with van der Waals surface area (Å²) in [7, 11) is 0. The van der Waals surface area contributed by atoms with Crippen LogP contribution < -0.4 is 18.9 Å². The molecule has 0 unspecified atom stereocenters. The summed E-state index contributed by atoms with van der Waals surface area (Å²) in [6, 6.07) is 18.5. The minimum absolute atomic E-state index is 0.0600. The molecule has 0 bridgehead atoms. The zero-order valence-electron chi connectivity index (χ0n) is 45.5. The van der Waals surface area contributed by atoms with Crippen molar-refractivity contribution in [2.24, 2.45) is 11.8 Å². The van der Waals surface area contributed by atoms with Crippen LogP contribution in [-0.2, 0) is 57.1 Å². The first-order valence-electron chi connectivity index (χ1n) is 26.4. The predicted molar refractivity (Wildman–Crippen MR) is 287 cm³/mol. The SMILES string of the molecule is C=CC(=O)OCCCCOC(=O)c1ccc(C(=O)Oc2ccc(OC(=O)C3CCC(C(=O)Oc4ccc(OC(=O)c5ccc(C(=O)OCCCCOC(=O)C=C)cc5)cc4C(=O)OCCOCC)CC3)c(C(=O)OCCOCC)c2)cc1. The topological polar surface area (TPSA) is 281 Å². The Morgan fingerprint density at radius 3 is 1.04 bits per heavy atom. The molecule has 22 nitrogen and oxygen atoms in total. The maximum Gasteiger partial charge on any atom is 0.343 e. The predicted octanol–water partition coefficient (Wildman–Crippen LogP) is 8.16. The summed E-state index contributed by atoms with van der Waals surface area (Å²) in [6.45, 7) is 11.2. The molecule has 0 radical (unpaired) electrons. The van der Waals surface area contributed by atoms with Gasteiger partial charge in [-0.15, -0.1) is 0 Å². The molecule has 22 heteroatoms. The van der Waals surface area contributed by atoms with Crippen LogP contribution >= 0.6 is 0 Å².